The van der Waals surface area contributed by atoms with Crippen LogP contribution in [-0.2, 0) is 21.4 Å². The van der Waals surface area contributed by atoms with Gasteiger partial charge in [0.15, 0.2) is 0 Å². The first kappa shape index (κ1) is 16.9. The Morgan fingerprint density at radius 2 is 1.91 bits per heavy atom. The van der Waals surface area contributed by atoms with Gasteiger partial charge in [0.25, 0.3) is 0 Å². The summed E-state index contributed by atoms with van der Waals surface area (Å²) in [6.07, 6.45) is 1.20. The zero-order valence-corrected chi connectivity index (χ0v) is 13.8. The van der Waals surface area contributed by atoms with E-state index in [9.17, 15) is 13.2 Å². The van der Waals surface area contributed by atoms with Gasteiger partial charge in [0.2, 0.25) is 15.9 Å². The summed E-state index contributed by atoms with van der Waals surface area (Å²) in [5.74, 6) is -0.473. The molecule has 0 unspecified atom stereocenters. The lowest BCUT2D eigenvalue weighted by molar-refractivity contribution is -0.125. The number of hydrogen-bond donors (Lipinski definition) is 1. The van der Waals surface area contributed by atoms with Crippen LogP contribution in [0.2, 0.25) is 0 Å². The standard InChI is InChI=1S/C15H23N3O3S/c1-16-15(19)14-11-17(10-13-6-4-3-5-7-13)8-9-18(12-14)22(2,20)21/h3-7,14H,8-12H2,1-2H3,(H,16,19)/t14-/m1/s1. The molecule has 1 atom stereocenters. The van der Waals surface area contributed by atoms with Crippen LogP contribution < -0.4 is 5.32 Å². The average Bonchev–Trinajstić information content (AvgIpc) is 2.70. The van der Waals surface area contributed by atoms with E-state index in [-0.39, 0.29) is 18.4 Å². The van der Waals surface area contributed by atoms with Crippen molar-refractivity contribution in [3.63, 3.8) is 0 Å². The van der Waals surface area contributed by atoms with Gasteiger partial charge in [0.05, 0.1) is 12.2 Å². The lowest BCUT2D eigenvalue weighted by Gasteiger charge is -2.23. The molecule has 22 heavy (non-hydrogen) atoms. The van der Waals surface area contributed by atoms with E-state index in [1.165, 1.54) is 10.6 Å². The van der Waals surface area contributed by atoms with E-state index in [1.807, 2.05) is 30.3 Å². The maximum Gasteiger partial charge on any atom is 0.225 e. The summed E-state index contributed by atoms with van der Waals surface area (Å²) in [5.41, 5.74) is 1.16. The summed E-state index contributed by atoms with van der Waals surface area (Å²) in [6.45, 7) is 2.55. The van der Waals surface area contributed by atoms with Crippen LogP contribution in [0.25, 0.3) is 0 Å². The van der Waals surface area contributed by atoms with Crippen LogP contribution >= 0.6 is 0 Å². The van der Waals surface area contributed by atoms with Crippen molar-refractivity contribution >= 4 is 15.9 Å². The normalized spacial score (nSPS) is 21.3. The van der Waals surface area contributed by atoms with Crippen LogP contribution in [0.4, 0.5) is 0 Å². The van der Waals surface area contributed by atoms with Gasteiger partial charge in [-0.05, 0) is 5.56 Å². The van der Waals surface area contributed by atoms with Gasteiger partial charge in [-0.15, -0.1) is 0 Å². The second kappa shape index (κ2) is 7.21. The fourth-order valence-electron chi connectivity index (χ4n) is 2.71. The molecule has 7 heteroatoms. The van der Waals surface area contributed by atoms with Gasteiger partial charge in [-0.25, -0.2) is 12.7 Å². The third-order valence-corrected chi connectivity index (χ3v) is 5.17. The third kappa shape index (κ3) is 4.53. The summed E-state index contributed by atoms with van der Waals surface area (Å²) in [7, 11) is -1.71. The van der Waals surface area contributed by atoms with Crippen LogP contribution in [0.15, 0.2) is 30.3 Å². The highest BCUT2D eigenvalue weighted by molar-refractivity contribution is 7.88. The maximum atomic E-state index is 12.0. The molecule has 1 saturated heterocycles. The number of hydrogen-bond acceptors (Lipinski definition) is 4. The summed E-state index contributed by atoms with van der Waals surface area (Å²) in [6, 6.07) is 9.99. The van der Waals surface area contributed by atoms with Crippen LogP contribution in [0.5, 0.6) is 0 Å². The molecule has 1 aromatic carbocycles. The molecule has 1 fully saturated rings. The van der Waals surface area contributed by atoms with E-state index < -0.39 is 10.0 Å². The first-order chi connectivity index (χ1) is 10.4. The Morgan fingerprint density at radius 3 is 2.50 bits per heavy atom. The smallest absolute Gasteiger partial charge is 0.225 e. The van der Waals surface area contributed by atoms with Gasteiger partial charge in [0.1, 0.15) is 0 Å². The average molecular weight is 325 g/mol. The number of amides is 1. The molecule has 0 radical (unpaired) electrons. The first-order valence-corrected chi connectivity index (χ1v) is 9.18. The monoisotopic (exact) mass is 325 g/mol. The molecule has 1 aliphatic heterocycles. The number of benzene rings is 1. The number of sulfonamides is 1. The Hall–Kier alpha value is -1.44. The minimum atomic E-state index is -3.29. The van der Waals surface area contributed by atoms with Gasteiger partial charge in [-0.1, -0.05) is 30.3 Å². The van der Waals surface area contributed by atoms with E-state index in [0.717, 1.165) is 5.56 Å². The van der Waals surface area contributed by atoms with E-state index in [2.05, 4.69) is 10.2 Å². The Bertz CT molecular complexity index is 604. The zero-order chi connectivity index (χ0) is 16.2. The van der Waals surface area contributed by atoms with Crippen molar-refractivity contribution in [3.8, 4) is 0 Å². The fraction of sp³-hybridized carbons (Fsp3) is 0.533. The Kier molecular flexibility index (Phi) is 5.55. The number of rotatable bonds is 4. The molecule has 1 amide bonds. The van der Waals surface area contributed by atoms with Crippen molar-refractivity contribution in [2.45, 2.75) is 6.54 Å². The maximum absolute atomic E-state index is 12.0. The highest BCUT2D eigenvalue weighted by Gasteiger charge is 2.31. The molecule has 122 valence electrons. The molecule has 2 rings (SSSR count). The molecular formula is C15H23N3O3S. The summed E-state index contributed by atoms with van der Waals surface area (Å²) >= 11 is 0. The topological polar surface area (TPSA) is 69.7 Å². The molecular weight excluding hydrogens is 302 g/mol. The molecule has 6 nitrogen and oxygen atoms in total. The Labute approximate surface area is 132 Å². The number of nitrogens with one attached hydrogen (secondary N) is 1. The van der Waals surface area contributed by atoms with Gasteiger partial charge in [0, 0.05) is 39.8 Å². The Morgan fingerprint density at radius 1 is 1.23 bits per heavy atom. The van der Waals surface area contributed by atoms with E-state index >= 15 is 0 Å². The number of nitrogens with zero attached hydrogens (tertiary/aromatic N) is 2. The second-order valence-corrected chi connectivity index (χ2v) is 7.64. The summed E-state index contributed by atoms with van der Waals surface area (Å²) < 4.78 is 25.1. The summed E-state index contributed by atoms with van der Waals surface area (Å²) in [5, 5.41) is 2.63. The molecule has 0 spiro atoms. The van der Waals surface area contributed by atoms with Gasteiger partial charge < -0.3 is 5.32 Å². The molecule has 1 aliphatic rings. The van der Waals surface area contributed by atoms with Crippen LogP contribution in [0, 0.1) is 5.92 Å². The predicted octanol–water partition coefficient (Wildman–Crippen LogP) is 0.126. The minimum Gasteiger partial charge on any atom is -0.359 e. The molecule has 0 aliphatic carbocycles. The van der Waals surface area contributed by atoms with Crippen molar-refractivity contribution in [2.24, 2.45) is 5.92 Å². The predicted molar refractivity (Wildman–Crippen MR) is 85.7 cm³/mol. The van der Waals surface area contributed by atoms with Gasteiger partial charge in [-0.3, -0.25) is 9.69 Å². The second-order valence-electron chi connectivity index (χ2n) is 5.65. The number of carbonyl (C=O) groups excluding carboxylic acids is 1. The van der Waals surface area contributed by atoms with Gasteiger partial charge >= 0.3 is 0 Å². The third-order valence-electron chi connectivity index (χ3n) is 3.90. The van der Waals surface area contributed by atoms with Crippen molar-refractivity contribution in [2.75, 3.05) is 39.5 Å². The molecule has 0 saturated carbocycles. The molecule has 0 bridgehead atoms. The fourth-order valence-corrected chi connectivity index (χ4v) is 3.57. The number of carbonyl (C=O) groups is 1. The quantitative estimate of drug-likeness (QED) is 0.854. The van der Waals surface area contributed by atoms with E-state index in [1.54, 1.807) is 7.05 Å². The van der Waals surface area contributed by atoms with Crippen LogP contribution in [0.3, 0.4) is 0 Å². The highest BCUT2D eigenvalue weighted by Crippen LogP contribution is 2.15. The molecule has 0 aromatic heterocycles. The van der Waals surface area contributed by atoms with Crippen LogP contribution in [0.1, 0.15) is 5.56 Å². The molecule has 1 N–H and O–H groups in total. The van der Waals surface area contributed by atoms with Crippen molar-refractivity contribution < 1.29 is 13.2 Å². The van der Waals surface area contributed by atoms with E-state index in [4.69, 9.17) is 0 Å². The summed E-state index contributed by atoms with van der Waals surface area (Å²) in [4.78, 5) is 14.2. The highest BCUT2D eigenvalue weighted by atomic mass is 32.2. The van der Waals surface area contributed by atoms with E-state index in [0.29, 0.717) is 26.2 Å². The van der Waals surface area contributed by atoms with Crippen molar-refractivity contribution in [1.29, 1.82) is 0 Å². The SMILES string of the molecule is CNC(=O)[C@@H]1CN(Cc2ccccc2)CCN(S(C)(=O)=O)C1. The lowest BCUT2D eigenvalue weighted by atomic mass is 10.1. The molecule has 1 heterocycles. The van der Waals surface area contributed by atoms with Crippen molar-refractivity contribution in [3.05, 3.63) is 35.9 Å². The lowest BCUT2D eigenvalue weighted by Crippen LogP contribution is -2.41. The largest absolute Gasteiger partial charge is 0.359 e. The van der Waals surface area contributed by atoms with Crippen LogP contribution in [-0.4, -0.2) is 63.0 Å². The Balaban J connectivity index is 2.14. The molecule has 1 aromatic rings. The zero-order valence-electron chi connectivity index (χ0n) is 13.0. The first-order valence-electron chi connectivity index (χ1n) is 7.33. The van der Waals surface area contributed by atoms with Crippen molar-refractivity contribution in [1.82, 2.24) is 14.5 Å². The minimum absolute atomic E-state index is 0.117. The van der Waals surface area contributed by atoms with Gasteiger partial charge in [-0.2, -0.15) is 0 Å².